The Morgan fingerprint density at radius 2 is 2.24 bits per heavy atom. The summed E-state index contributed by atoms with van der Waals surface area (Å²) in [5.74, 6) is 1.47. The van der Waals surface area contributed by atoms with E-state index in [1.165, 1.54) is 11.5 Å². The summed E-state index contributed by atoms with van der Waals surface area (Å²) in [7, 11) is 0. The number of nitrogen functional groups attached to an aromatic ring is 1. The molecule has 0 radical (unpaired) electrons. The quantitative estimate of drug-likeness (QED) is 0.845. The number of hydrogen-bond donors (Lipinski definition) is 1. The molecule has 0 aliphatic rings. The van der Waals surface area contributed by atoms with Gasteiger partial charge in [-0.05, 0) is 31.0 Å². The third-order valence-electron chi connectivity index (χ3n) is 2.29. The smallest absolute Gasteiger partial charge is 0.298 e. The van der Waals surface area contributed by atoms with E-state index >= 15 is 0 Å². The number of anilines is 1. The van der Waals surface area contributed by atoms with E-state index in [0.29, 0.717) is 16.6 Å². The fraction of sp³-hybridized carbons (Fsp3) is 0.333. The molecule has 0 unspecified atom stereocenters. The third-order valence-corrected chi connectivity index (χ3v) is 2.92. The molecule has 2 aromatic rings. The second-order valence-electron chi connectivity index (χ2n) is 3.87. The molecule has 0 saturated heterocycles. The predicted octanol–water partition coefficient (Wildman–Crippen LogP) is 3.17. The molecule has 4 nitrogen and oxygen atoms in total. The van der Waals surface area contributed by atoms with Gasteiger partial charge in [-0.2, -0.15) is 9.36 Å². The standard InChI is InChI=1S/C12H15N3OS/c1-3-4-11-14-12(17-15-11)16-10-7-8(2)5-6-9(10)13/h5-7H,3-4,13H2,1-2H3. The topological polar surface area (TPSA) is 61.0 Å². The number of ether oxygens (including phenoxy) is 1. The highest BCUT2D eigenvalue weighted by Gasteiger charge is 2.07. The molecule has 0 amide bonds. The van der Waals surface area contributed by atoms with Crippen molar-refractivity contribution >= 4 is 17.2 Å². The Bertz CT molecular complexity index is 510. The first-order valence-corrected chi connectivity index (χ1v) is 6.33. The molecule has 2 rings (SSSR count). The van der Waals surface area contributed by atoms with Crippen LogP contribution >= 0.6 is 11.5 Å². The maximum Gasteiger partial charge on any atom is 0.298 e. The first-order valence-electron chi connectivity index (χ1n) is 5.55. The second-order valence-corrected chi connectivity index (χ2v) is 4.58. The molecule has 0 fully saturated rings. The Hall–Kier alpha value is -1.62. The summed E-state index contributed by atoms with van der Waals surface area (Å²) < 4.78 is 9.86. The van der Waals surface area contributed by atoms with Crippen molar-refractivity contribution in [3.8, 4) is 10.9 Å². The Kier molecular flexibility index (Phi) is 3.58. The summed E-state index contributed by atoms with van der Waals surface area (Å²) in [4.78, 5) is 4.30. The molecule has 2 N–H and O–H groups in total. The van der Waals surface area contributed by atoms with Crippen LogP contribution in [0.5, 0.6) is 10.9 Å². The van der Waals surface area contributed by atoms with E-state index in [0.717, 1.165) is 24.2 Å². The average molecular weight is 249 g/mol. The van der Waals surface area contributed by atoms with Crippen molar-refractivity contribution in [2.75, 3.05) is 5.73 Å². The molecule has 90 valence electrons. The fourth-order valence-electron chi connectivity index (χ4n) is 1.43. The first kappa shape index (κ1) is 11.9. The van der Waals surface area contributed by atoms with Crippen LogP contribution < -0.4 is 10.5 Å². The fourth-order valence-corrected chi connectivity index (χ4v) is 2.02. The van der Waals surface area contributed by atoms with E-state index in [9.17, 15) is 0 Å². The van der Waals surface area contributed by atoms with E-state index in [1.54, 1.807) is 0 Å². The normalized spacial score (nSPS) is 10.5. The minimum absolute atomic E-state index is 0.547. The monoisotopic (exact) mass is 249 g/mol. The Labute approximate surface area is 105 Å². The van der Waals surface area contributed by atoms with E-state index in [-0.39, 0.29) is 0 Å². The molecule has 5 heteroatoms. The number of hydrogen-bond acceptors (Lipinski definition) is 5. The lowest BCUT2D eigenvalue weighted by Crippen LogP contribution is -1.92. The zero-order chi connectivity index (χ0) is 12.3. The molecule has 0 aliphatic heterocycles. The van der Waals surface area contributed by atoms with Gasteiger partial charge in [0.2, 0.25) is 0 Å². The van der Waals surface area contributed by atoms with Crippen LogP contribution in [0.25, 0.3) is 0 Å². The predicted molar refractivity (Wildman–Crippen MR) is 69.6 cm³/mol. The Balaban J connectivity index is 2.16. The van der Waals surface area contributed by atoms with Crippen LogP contribution in [0.4, 0.5) is 5.69 Å². The third kappa shape index (κ3) is 2.94. The van der Waals surface area contributed by atoms with Crippen LogP contribution in [0.3, 0.4) is 0 Å². The van der Waals surface area contributed by atoms with Gasteiger partial charge >= 0.3 is 0 Å². The zero-order valence-corrected chi connectivity index (χ0v) is 10.8. The van der Waals surface area contributed by atoms with Gasteiger partial charge in [-0.3, -0.25) is 0 Å². The molecule has 0 bridgehead atoms. The number of nitrogens with two attached hydrogens (primary N) is 1. The number of benzene rings is 1. The van der Waals surface area contributed by atoms with Crippen molar-refractivity contribution in [3.05, 3.63) is 29.6 Å². The lowest BCUT2D eigenvalue weighted by atomic mass is 10.2. The lowest BCUT2D eigenvalue weighted by molar-refractivity contribution is 0.479. The van der Waals surface area contributed by atoms with Crippen molar-refractivity contribution in [2.45, 2.75) is 26.7 Å². The van der Waals surface area contributed by atoms with Crippen LogP contribution in [0.2, 0.25) is 0 Å². The highest BCUT2D eigenvalue weighted by atomic mass is 32.1. The van der Waals surface area contributed by atoms with Crippen LogP contribution in [0.1, 0.15) is 24.7 Å². The molecule has 1 aromatic heterocycles. The molecule has 1 heterocycles. The number of rotatable bonds is 4. The second kappa shape index (κ2) is 5.14. The van der Waals surface area contributed by atoms with Crippen molar-refractivity contribution in [1.29, 1.82) is 0 Å². The van der Waals surface area contributed by atoms with E-state index in [4.69, 9.17) is 10.5 Å². The van der Waals surface area contributed by atoms with Gasteiger partial charge in [0.1, 0.15) is 5.82 Å². The summed E-state index contributed by atoms with van der Waals surface area (Å²) >= 11 is 1.26. The van der Waals surface area contributed by atoms with E-state index in [1.807, 2.05) is 25.1 Å². The largest absolute Gasteiger partial charge is 0.428 e. The first-order chi connectivity index (χ1) is 8.19. The summed E-state index contributed by atoms with van der Waals surface area (Å²) in [6, 6.07) is 5.68. The van der Waals surface area contributed by atoms with E-state index < -0.39 is 0 Å². The maximum absolute atomic E-state index is 5.83. The van der Waals surface area contributed by atoms with E-state index in [2.05, 4.69) is 16.3 Å². The van der Waals surface area contributed by atoms with Gasteiger partial charge < -0.3 is 10.5 Å². The zero-order valence-electron chi connectivity index (χ0n) is 9.93. The van der Waals surface area contributed by atoms with Gasteiger partial charge in [-0.15, -0.1) is 0 Å². The summed E-state index contributed by atoms with van der Waals surface area (Å²) in [5.41, 5.74) is 7.55. The highest BCUT2D eigenvalue weighted by Crippen LogP contribution is 2.29. The van der Waals surface area contributed by atoms with Gasteiger partial charge in [-0.25, -0.2) is 0 Å². The molecule has 1 aromatic carbocycles. The maximum atomic E-state index is 5.83. The highest BCUT2D eigenvalue weighted by molar-refractivity contribution is 7.07. The summed E-state index contributed by atoms with van der Waals surface area (Å²) in [6.45, 7) is 4.09. The van der Waals surface area contributed by atoms with Crippen molar-refractivity contribution in [2.24, 2.45) is 0 Å². The number of aryl methyl sites for hydroxylation is 2. The van der Waals surface area contributed by atoms with Gasteiger partial charge in [0.25, 0.3) is 5.19 Å². The minimum atomic E-state index is 0.547. The molecule has 0 atom stereocenters. The molecular weight excluding hydrogens is 234 g/mol. The SMILES string of the molecule is CCCc1nsc(Oc2cc(C)ccc2N)n1. The molecular formula is C12H15N3OS. The van der Waals surface area contributed by atoms with Crippen LogP contribution in [0.15, 0.2) is 18.2 Å². The van der Waals surface area contributed by atoms with Gasteiger partial charge in [0, 0.05) is 18.0 Å². The number of aromatic nitrogens is 2. The van der Waals surface area contributed by atoms with Gasteiger partial charge in [0.05, 0.1) is 5.69 Å². The van der Waals surface area contributed by atoms with Gasteiger partial charge in [-0.1, -0.05) is 13.0 Å². The minimum Gasteiger partial charge on any atom is -0.428 e. The Morgan fingerprint density at radius 1 is 1.41 bits per heavy atom. The molecule has 17 heavy (non-hydrogen) atoms. The van der Waals surface area contributed by atoms with Crippen molar-refractivity contribution in [3.63, 3.8) is 0 Å². The van der Waals surface area contributed by atoms with Crippen LogP contribution in [0, 0.1) is 6.92 Å². The van der Waals surface area contributed by atoms with Crippen molar-refractivity contribution < 1.29 is 4.74 Å². The van der Waals surface area contributed by atoms with Gasteiger partial charge in [0.15, 0.2) is 5.75 Å². The molecule has 0 aliphatic carbocycles. The number of nitrogens with zero attached hydrogens (tertiary/aromatic N) is 2. The Morgan fingerprint density at radius 3 is 3.00 bits per heavy atom. The summed E-state index contributed by atoms with van der Waals surface area (Å²) in [5, 5.41) is 0.547. The molecule has 0 spiro atoms. The molecule has 0 saturated carbocycles. The summed E-state index contributed by atoms with van der Waals surface area (Å²) in [6.07, 6.45) is 1.91. The van der Waals surface area contributed by atoms with Crippen LogP contribution in [-0.4, -0.2) is 9.36 Å². The average Bonchev–Trinajstić information content (AvgIpc) is 2.72. The van der Waals surface area contributed by atoms with Crippen LogP contribution in [-0.2, 0) is 6.42 Å². The van der Waals surface area contributed by atoms with Crippen molar-refractivity contribution in [1.82, 2.24) is 9.36 Å². The lowest BCUT2D eigenvalue weighted by Gasteiger charge is -2.05.